The molecule has 1 aliphatic heterocycles. The third kappa shape index (κ3) is 3.64. The van der Waals surface area contributed by atoms with Gasteiger partial charge in [-0.2, -0.15) is 0 Å². The highest BCUT2D eigenvalue weighted by atomic mass is 19.1. The van der Waals surface area contributed by atoms with Gasteiger partial charge in [0.25, 0.3) is 0 Å². The smallest absolute Gasteiger partial charge is 0.128 e. The topological polar surface area (TPSA) is 15.3 Å². The molecular weight excluding hydrogens is 239 g/mol. The first kappa shape index (κ1) is 14.2. The summed E-state index contributed by atoms with van der Waals surface area (Å²) in [6, 6.07) is 5.58. The summed E-state index contributed by atoms with van der Waals surface area (Å²) in [4.78, 5) is 2.39. The minimum Gasteiger partial charge on any atom is -0.314 e. The van der Waals surface area contributed by atoms with Crippen LogP contribution in [0.2, 0.25) is 0 Å². The maximum Gasteiger partial charge on any atom is 0.128 e. The van der Waals surface area contributed by atoms with Crippen LogP contribution in [0.4, 0.5) is 4.39 Å². The van der Waals surface area contributed by atoms with E-state index in [2.05, 4.69) is 16.8 Å². The molecule has 2 rings (SSSR count). The number of allylic oxidation sites excluding steroid dienone is 1. The van der Waals surface area contributed by atoms with Crippen LogP contribution in [0.25, 0.3) is 0 Å². The number of aryl methyl sites for hydroxylation is 1. The van der Waals surface area contributed by atoms with Crippen molar-refractivity contribution in [3.8, 4) is 0 Å². The zero-order chi connectivity index (χ0) is 13.7. The number of nitrogens with zero attached hydrogens (tertiary/aromatic N) is 1. The molecule has 1 saturated heterocycles. The van der Waals surface area contributed by atoms with Crippen LogP contribution in [-0.4, -0.2) is 31.1 Å². The van der Waals surface area contributed by atoms with E-state index in [1.54, 1.807) is 6.07 Å². The van der Waals surface area contributed by atoms with Gasteiger partial charge in [0.2, 0.25) is 0 Å². The SMILES string of the molecule is C=CCC[C@@H](c1cc(C)ccc1F)N1CCNCC1. The van der Waals surface area contributed by atoms with E-state index in [0.29, 0.717) is 0 Å². The van der Waals surface area contributed by atoms with E-state index in [-0.39, 0.29) is 11.9 Å². The lowest BCUT2D eigenvalue weighted by molar-refractivity contribution is 0.163. The molecule has 19 heavy (non-hydrogen) atoms. The van der Waals surface area contributed by atoms with E-state index in [0.717, 1.165) is 50.1 Å². The number of halogens is 1. The van der Waals surface area contributed by atoms with Gasteiger partial charge in [0, 0.05) is 37.8 Å². The average Bonchev–Trinajstić information content (AvgIpc) is 2.44. The van der Waals surface area contributed by atoms with Crippen LogP contribution in [0, 0.1) is 12.7 Å². The Morgan fingerprint density at radius 2 is 2.16 bits per heavy atom. The molecule has 0 bridgehead atoms. The summed E-state index contributed by atoms with van der Waals surface area (Å²) in [6.07, 6.45) is 3.77. The van der Waals surface area contributed by atoms with Crippen molar-refractivity contribution in [1.29, 1.82) is 0 Å². The fraction of sp³-hybridized carbons (Fsp3) is 0.500. The molecule has 0 aliphatic carbocycles. The van der Waals surface area contributed by atoms with Gasteiger partial charge in [-0.1, -0.05) is 23.8 Å². The van der Waals surface area contributed by atoms with Crippen LogP contribution in [0.15, 0.2) is 30.9 Å². The van der Waals surface area contributed by atoms with Gasteiger partial charge in [0.05, 0.1) is 0 Å². The van der Waals surface area contributed by atoms with Crippen LogP contribution < -0.4 is 5.32 Å². The fourth-order valence-corrected chi connectivity index (χ4v) is 2.72. The lowest BCUT2D eigenvalue weighted by atomic mass is 9.97. The fourth-order valence-electron chi connectivity index (χ4n) is 2.72. The van der Waals surface area contributed by atoms with Gasteiger partial charge in [-0.15, -0.1) is 6.58 Å². The molecule has 1 aromatic carbocycles. The summed E-state index contributed by atoms with van der Waals surface area (Å²) >= 11 is 0. The second kappa shape index (κ2) is 6.83. The minimum atomic E-state index is -0.0850. The van der Waals surface area contributed by atoms with Crippen LogP contribution in [0.3, 0.4) is 0 Å². The molecule has 1 aliphatic rings. The van der Waals surface area contributed by atoms with Crippen molar-refractivity contribution >= 4 is 0 Å². The monoisotopic (exact) mass is 262 g/mol. The molecule has 1 heterocycles. The number of hydrogen-bond donors (Lipinski definition) is 1. The van der Waals surface area contributed by atoms with Crippen LogP contribution >= 0.6 is 0 Å². The molecule has 0 aromatic heterocycles. The number of piperazine rings is 1. The molecule has 0 saturated carbocycles. The Kier molecular flexibility index (Phi) is 5.11. The first-order valence-electron chi connectivity index (χ1n) is 7.04. The third-order valence-electron chi connectivity index (χ3n) is 3.75. The van der Waals surface area contributed by atoms with Crippen molar-refractivity contribution in [2.75, 3.05) is 26.2 Å². The molecule has 3 heteroatoms. The summed E-state index contributed by atoms with van der Waals surface area (Å²) in [5, 5.41) is 3.35. The number of nitrogens with one attached hydrogen (secondary N) is 1. The van der Waals surface area contributed by atoms with Crippen LogP contribution in [-0.2, 0) is 0 Å². The Hall–Kier alpha value is -1.19. The lowest BCUT2D eigenvalue weighted by Gasteiger charge is -2.35. The van der Waals surface area contributed by atoms with Gasteiger partial charge in [-0.05, 0) is 25.8 Å². The molecule has 104 valence electrons. The summed E-state index contributed by atoms with van der Waals surface area (Å²) in [5.74, 6) is -0.0850. The van der Waals surface area contributed by atoms with E-state index < -0.39 is 0 Å². The summed E-state index contributed by atoms with van der Waals surface area (Å²) < 4.78 is 14.1. The highest BCUT2D eigenvalue weighted by Gasteiger charge is 2.23. The molecule has 0 unspecified atom stereocenters. The Morgan fingerprint density at radius 3 is 2.84 bits per heavy atom. The van der Waals surface area contributed by atoms with Crippen molar-refractivity contribution in [3.05, 3.63) is 47.8 Å². The summed E-state index contributed by atoms with van der Waals surface area (Å²) in [7, 11) is 0. The Balaban J connectivity index is 2.24. The highest BCUT2D eigenvalue weighted by molar-refractivity contribution is 5.27. The number of rotatable bonds is 5. The Labute approximate surface area is 115 Å². The van der Waals surface area contributed by atoms with Gasteiger partial charge in [-0.25, -0.2) is 4.39 Å². The Bertz CT molecular complexity index is 425. The molecule has 1 N–H and O–H groups in total. The first-order chi connectivity index (χ1) is 9.22. The minimum absolute atomic E-state index is 0.0850. The van der Waals surface area contributed by atoms with Gasteiger partial charge < -0.3 is 5.32 Å². The predicted molar refractivity (Wildman–Crippen MR) is 77.8 cm³/mol. The molecule has 0 spiro atoms. The summed E-state index contributed by atoms with van der Waals surface area (Å²) in [5.41, 5.74) is 1.96. The van der Waals surface area contributed by atoms with Crippen molar-refractivity contribution in [2.45, 2.75) is 25.8 Å². The zero-order valence-corrected chi connectivity index (χ0v) is 11.7. The molecule has 0 amide bonds. The van der Waals surface area contributed by atoms with E-state index in [4.69, 9.17) is 0 Å². The second-order valence-electron chi connectivity index (χ2n) is 5.19. The quantitative estimate of drug-likeness (QED) is 0.821. The third-order valence-corrected chi connectivity index (χ3v) is 3.75. The van der Waals surface area contributed by atoms with Gasteiger partial charge in [0.15, 0.2) is 0 Å². The van der Waals surface area contributed by atoms with E-state index in [1.165, 1.54) is 0 Å². The van der Waals surface area contributed by atoms with E-state index in [1.807, 2.05) is 25.1 Å². The normalized spacial score (nSPS) is 18.2. The second-order valence-corrected chi connectivity index (χ2v) is 5.19. The summed E-state index contributed by atoms with van der Waals surface area (Å²) in [6.45, 7) is 9.74. The largest absolute Gasteiger partial charge is 0.314 e. The zero-order valence-electron chi connectivity index (χ0n) is 11.7. The molecule has 1 aromatic rings. The first-order valence-corrected chi connectivity index (χ1v) is 7.04. The standard InChI is InChI=1S/C16H23FN2/c1-3-4-5-16(19-10-8-18-9-11-19)14-12-13(2)6-7-15(14)17/h3,6-7,12,16,18H,1,4-5,8-11H2,2H3/t16-/m0/s1. The van der Waals surface area contributed by atoms with Gasteiger partial charge >= 0.3 is 0 Å². The number of benzene rings is 1. The molecule has 0 radical (unpaired) electrons. The maximum absolute atomic E-state index is 14.1. The van der Waals surface area contributed by atoms with Crippen molar-refractivity contribution in [3.63, 3.8) is 0 Å². The van der Waals surface area contributed by atoms with Crippen molar-refractivity contribution < 1.29 is 4.39 Å². The molecule has 2 nitrogen and oxygen atoms in total. The number of hydrogen-bond acceptors (Lipinski definition) is 2. The maximum atomic E-state index is 14.1. The van der Waals surface area contributed by atoms with Gasteiger partial charge in [0.1, 0.15) is 5.82 Å². The highest BCUT2D eigenvalue weighted by Crippen LogP contribution is 2.29. The van der Waals surface area contributed by atoms with Crippen molar-refractivity contribution in [2.24, 2.45) is 0 Å². The van der Waals surface area contributed by atoms with Gasteiger partial charge in [-0.3, -0.25) is 4.90 Å². The van der Waals surface area contributed by atoms with E-state index >= 15 is 0 Å². The van der Waals surface area contributed by atoms with Crippen molar-refractivity contribution in [1.82, 2.24) is 10.2 Å². The molecule has 1 atom stereocenters. The Morgan fingerprint density at radius 1 is 1.42 bits per heavy atom. The van der Waals surface area contributed by atoms with Crippen LogP contribution in [0.1, 0.15) is 30.0 Å². The lowest BCUT2D eigenvalue weighted by Crippen LogP contribution is -2.45. The molecular formula is C16H23FN2. The average molecular weight is 262 g/mol. The molecule has 1 fully saturated rings. The predicted octanol–water partition coefficient (Wildman–Crippen LogP) is 3.05. The van der Waals surface area contributed by atoms with Crippen LogP contribution in [0.5, 0.6) is 0 Å². The van der Waals surface area contributed by atoms with E-state index in [9.17, 15) is 4.39 Å².